The van der Waals surface area contributed by atoms with Crippen molar-refractivity contribution in [2.24, 2.45) is 0 Å². The van der Waals surface area contributed by atoms with Gasteiger partial charge in [-0.3, -0.25) is 4.79 Å². The van der Waals surface area contributed by atoms with Gasteiger partial charge in [-0.05, 0) is 43.5 Å². The highest BCUT2D eigenvalue weighted by Crippen LogP contribution is 2.27. The summed E-state index contributed by atoms with van der Waals surface area (Å²) in [5.74, 6) is -0.775. The summed E-state index contributed by atoms with van der Waals surface area (Å²) in [6.45, 7) is 5.07. The Morgan fingerprint density at radius 2 is 2.06 bits per heavy atom. The van der Waals surface area contributed by atoms with E-state index < -0.39 is 5.91 Å². The van der Waals surface area contributed by atoms with Crippen LogP contribution in [0.1, 0.15) is 43.7 Å². The van der Waals surface area contributed by atoms with Crippen LogP contribution in [-0.2, 0) is 4.79 Å². The van der Waals surface area contributed by atoms with E-state index in [9.17, 15) is 9.18 Å². The van der Waals surface area contributed by atoms with Crippen molar-refractivity contribution in [1.82, 2.24) is 9.88 Å². The molecule has 4 nitrogen and oxygen atoms in total. The minimum absolute atomic E-state index is 0.111. The summed E-state index contributed by atoms with van der Waals surface area (Å²) in [5.41, 5.74) is 3.94. The van der Waals surface area contributed by atoms with Crippen LogP contribution < -0.4 is 5.32 Å². The van der Waals surface area contributed by atoms with Crippen LogP contribution in [0.5, 0.6) is 0 Å². The van der Waals surface area contributed by atoms with Crippen molar-refractivity contribution in [3.05, 3.63) is 82.1 Å². The zero-order chi connectivity index (χ0) is 22.2. The summed E-state index contributed by atoms with van der Waals surface area (Å²) < 4.78 is 13.9. The van der Waals surface area contributed by atoms with E-state index in [1.54, 1.807) is 17.4 Å². The van der Waals surface area contributed by atoms with E-state index in [0.717, 1.165) is 34.8 Å². The van der Waals surface area contributed by atoms with Crippen molar-refractivity contribution < 1.29 is 9.18 Å². The maximum atomic E-state index is 13.9. The minimum atomic E-state index is -0.417. The van der Waals surface area contributed by atoms with Gasteiger partial charge in [0, 0.05) is 48.5 Å². The van der Waals surface area contributed by atoms with E-state index in [4.69, 9.17) is 0 Å². The first-order chi connectivity index (χ1) is 15.0. The topological polar surface area (TPSA) is 45.2 Å². The number of allylic oxidation sites excluding steroid dienone is 5. The number of carbonyl (C=O) groups excluding carboxylic acids is 1. The Labute approximate surface area is 187 Å². The number of hydrogen-bond donors (Lipinski definition) is 1. The second-order valence-electron chi connectivity index (χ2n) is 7.24. The molecule has 31 heavy (non-hydrogen) atoms. The molecule has 0 aliphatic heterocycles. The zero-order valence-electron chi connectivity index (χ0n) is 18.2. The quantitative estimate of drug-likeness (QED) is 0.483. The maximum absolute atomic E-state index is 13.9. The molecule has 1 heterocycles. The van der Waals surface area contributed by atoms with Crippen molar-refractivity contribution in [2.75, 3.05) is 18.9 Å². The number of nitrogens with zero attached hydrogens (tertiary/aromatic N) is 2. The highest BCUT2D eigenvalue weighted by molar-refractivity contribution is 7.10. The molecule has 0 atom stereocenters. The van der Waals surface area contributed by atoms with Crippen LogP contribution in [0.4, 0.5) is 10.1 Å². The first kappa shape index (κ1) is 22.7. The Bertz CT molecular complexity index is 1020. The van der Waals surface area contributed by atoms with Gasteiger partial charge in [0.2, 0.25) is 0 Å². The predicted molar refractivity (Wildman–Crippen MR) is 128 cm³/mol. The molecule has 1 aromatic heterocycles. The number of amides is 1. The van der Waals surface area contributed by atoms with Crippen LogP contribution in [0.2, 0.25) is 0 Å². The fourth-order valence-corrected chi connectivity index (χ4v) is 3.93. The lowest BCUT2D eigenvalue weighted by Crippen LogP contribution is -2.17. The van der Waals surface area contributed by atoms with Crippen molar-refractivity contribution in [1.29, 1.82) is 0 Å². The smallest absolute Gasteiger partial charge is 0.258 e. The van der Waals surface area contributed by atoms with Crippen LogP contribution in [-0.4, -0.2) is 29.4 Å². The molecular formula is C25H28FN3OS. The first-order valence-corrected chi connectivity index (χ1v) is 11.4. The van der Waals surface area contributed by atoms with Crippen molar-refractivity contribution >= 4 is 34.2 Å². The van der Waals surface area contributed by atoms with Crippen LogP contribution in [0.15, 0.2) is 71.5 Å². The highest BCUT2D eigenvalue weighted by atomic mass is 32.1. The van der Waals surface area contributed by atoms with Gasteiger partial charge in [0.15, 0.2) is 0 Å². The molecule has 1 aliphatic rings. The van der Waals surface area contributed by atoms with Crippen molar-refractivity contribution in [3.63, 3.8) is 0 Å². The summed E-state index contributed by atoms with van der Waals surface area (Å²) in [7, 11) is 2.05. The first-order valence-electron chi connectivity index (χ1n) is 10.5. The standard InChI is InChI=1S/C25H28FN3OS/c1-4-8-19(25-27-15-16-31-25)17-23(29(3)5-2)18-11-13-20(14-12-18)28-24(30)21-9-6-7-10-22(21)26/h6,8-9,11-17H,4-5,7,10H2,1-3H3,(H,28,30)/b19-8-,23-17-. The van der Waals surface area contributed by atoms with Crippen molar-refractivity contribution in [3.8, 4) is 0 Å². The predicted octanol–water partition coefficient (Wildman–Crippen LogP) is 6.44. The molecule has 0 radical (unpaired) electrons. The van der Waals surface area contributed by atoms with Crippen LogP contribution in [0.25, 0.3) is 11.3 Å². The Kier molecular flexibility index (Phi) is 7.95. The largest absolute Gasteiger partial charge is 0.374 e. The molecule has 162 valence electrons. The lowest BCUT2D eigenvalue weighted by Gasteiger charge is -2.22. The monoisotopic (exact) mass is 437 g/mol. The second kappa shape index (κ2) is 10.9. The van der Waals surface area contributed by atoms with Gasteiger partial charge in [-0.1, -0.05) is 37.3 Å². The summed E-state index contributed by atoms with van der Waals surface area (Å²) in [6, 6.07) is 7.64. The fraction of sp³-hybridized carbons (Fsp3) is 0.280. The maximum Gasteiger partial charge on any atom is 0.258 e. The Morgan fingerprint density at radius 1 is 1.29 bits per heavy atom. The summed E-state index contributed by atoms with van der Waals surface area (Å²) >= 11 is 1.62. The lowest BCUT2D eigenvalue weighted by atomic mass is 10.0. The van der Waals surface area contributed by atoms with E-state index in [-0.39, 0.29) is 17.8 Å². The van der Waals surface area contributed by atoms with Gasteiger partial charge in [0.25, 0.3) is 5.91 Å². The number of anilines is 1. The Balaban J connectivity index is 1.85. The van der Waals surface area contributed by atoms with E-state index >= 15 is 0 Å². The Hall–Kier alpha value is -2.99. The zero-order valence-corrected chi connectivity index (χ0v) is 19.0. The molecule has 0 bridgehead atoms. The molecule has 0 spiro atoms. The van der Waals surface area contributed by atoms with Gasteiger partial charge >= 0.3 is 0 Å². The van der Waals surface area contributed by atoms with Crippen LogP contribution in [0, 0.1) is 0 Å². The fourth-order valence-electron chi connectivity index (χ4n) is 3.28. The van der Waals surface area contributed by atoms with E-state index in [0.29, 0.717) is 12.1 Å². The summed E-state index contributed by atoms with van der Waals surface area (Å²) in [4.78, 5) is 19.0. The SMILES string of the molecule is CC/C=C(/C=C(/c1ccc(NC(=O)C2=C(F)CCC=C2)cc1)N(C)CC)c1nccs1. The number of benzene rings is 1. The number of halogens is 1. The van der Waals surface area contributed by atoms with Crippen molar-refractivity contribution in [2.45, 2.75) is 33.1 Å². The molecule has 1 amide bonds. The number of rotatable bonds is 8. The van der Waals surface area contributed by atoms with Gasteiger partial charge in [-0.15, -0.1) is 11.3 Å². The van der Waals surface area contributed by atoms with Crippen LogP contribution >= 0.6 is 11.3 Å². The number of nitrogens with one attached hydrogen (secondary N) is 1. The van der Waals surface area contributed by atoms with E-state index in [2.05, 4.69) is 48.2 Å². The third-order valence-corrected chi connectivity index (χ3v) is 5.89. The molecule has 1 aromatic carbocycles. The molecule has 1 aliphatic carbocycles. The van der Waals surface area contributed by atoms with Gasteiger partial charge in [0.1, 0.15) is 10.8 Å². The lowest BCUT2D eigenvalue weighted by molar-refractivity contribution is -0.112. The highest BCUT2D eigenvalue weighted by Gasteiger charge is 2.16. The van der Waals surface area contributed by atoms with E-state index in [1.807, 2.05) is 41.9 Å². The minimum Gasteiger partial charge on any atom is -0.374 e. The molecule has 0 fully saturated rings. The van der Waals surface area contributed by atoms with Gasteiger partial charge < -0.3 is 10.2 Å². The summed E-state index contributed by atoms with van der Waals surface area (Å²) in [5, 5.41) is 5.76. The number of aromatic nitrogens is 1. The average Bonchev–Trinajstić information content (AvgIpc) is 3.32. The molecule has 0 unspecified atom stereocenters. The molecular weight excluding hydrogens is 409 g/mol. The molecule has 6 heteroatoms. The normalized spacial score (nSPS) is 14.7. The molecule has 1 N–H and O–H groups in total. The molecule has 0 saturated heterocycles. The molecule has 2 aromatic rings. The summed E-state index contributed by atoms with van der Waals surface area (Å²) in [6.07, 6.45) is 11.4. The van der Waals surface area contributed by atoms with Gasteiger partial charge in [-0.2, -0.15) is 0 Å². The van der Waals surface area contributed by atoms with Gasteiger partial charge in [-0.25, -0.2) is 9.37 Å². The average molecular weight is 438 g/mol. The van der Waals surface area contributed by atoms with Crippen LogP contribution in [0.3, 0.4) is 0 Å². The number of carbonyl (C=O) groups is 1. The second-order valence-corrected chi connectivity index (χ2v) is 8.13. The number of hydrogen-bond acceptors (Lipinski definition) is 4. The van der Waals surface area contributed by atoms with Gasteiger partial charge in [0.05, 0.1) is 5.57 Å². The third-order valence-electron chi connectivity index (χ3n) is 5.07. The molecule has 3 rings (SSSR count). The molecule has 0 saturated carbocycles. The van der Waals surface area contributed by atoms with E-state index in [1.165, 1.54) is 0 Å². The number of thiazole rings is 1. The third kappa shape index (κ3) is 5.79. The Morgan fingerprint density at radius 3 is 2.68 bits per heavy atom.